The Morgan fingerprint density at radius 3 is 2.46 bits per heavy atom. The number of carbonyl (C=O) groups excluding carboxylic acids is 1. The van der Waals surface area contributed by atoms with Gasteiger partial charge in [-0.1, -0.05) is 12.1 Å². The molecule has 0 bridgehead atoms. The number of amides is 1. The van der Waals surface area contributed by atoms with Gasteiger partial charge in [-0.2, -0.15) is 0 Å². The number of nitrogens with two attached hydrogens (primary N) is 1. The molecule has 4 N–H and O–H groups in total. The molecular formula is C15H23N3O5S. The Labute approximate surface area is 142 Å². The number of primary amides is 1. The predicted octanol–water partition coefficient (Wildman–Crippen LogP) is -1.15. The van der Waals surface area contributed by atoms with E-state index >= 15 is 0 Å². The molecule has 1 aromatic rings. The molecule has 9 heteroatoms. The molecule has 2 unspecified atom stereocenters. The molecule has 24 heavy (non-hydrogen) atoms. The Morgan fingerprint density at radius 1 is 1.38 bits per heavy atom. The second-order valence-electron chi connectivity index (χ2n) is 5.82. The summed E-state index contributed by atoms with van der Waals surface area (Å²) in [6.45, 7) is 4.06. The van der Waals surface area contributed by atoms with Gasteiger partial charge in [-0.3, -0.25) is 13.9 Å². The number of nitrogens with zero attached hydrogens (tertiary/aromatic N) is 1. The predicted molar refractivity (Wildman–Crippen MR) is 88.9 cm³/mol. The number of carbonyl (C=O) groups is 1. The molecular weight excluding hydrogens is 334 g/mol. The zero-order valence-corrected chi connectivity index (χ0v) is 14.4. The van der Waals surface area contributed by atoms with Crippen LogP contribution in [0.4, 0.5) is 0 Å². The van der Waals surface area contributed by atoms with E-state index in [1.165, 1.54) is 6.92 Å². The number of thiol groups is 1. The van der Waals surface area contributed by atoms with Crippen LogP contribution in [0, 0.1) is 0 Å². The van der Waals surface area contributed by atoms with Crippen LogP contribution in [0.3, 0.4) is 0 Å². The van der Waals surface area contributed by atoms with Crippen molar-refractivity contribution in [3.05, 3.63) is 35.4 Å². The van der Waals surface area contributed by atoms with E-state index in [4.69, 9.17) is 9.92 Å². The van der Waals surface area contributed by atoms with Crippen LogP contribution in [0.15, 0.2) is 24.3 Å². The summed E-state index contributed by atoms with van der Waals surface area (Å²) < 4.78 is 26.7. The van der Waals surface area contributed by atoms with E-state index in [0.29, 0.717) is 31.7 Å². The first-order valence-corrected chi connectivity index (χ1v) is 8.80. The van der Waals surface area contributed by atoms with Gasteiger partial charge in [0.2, 0.25) is 5.91 Å². The van der Waals surface area contributed by atoms with Gasteiger partial charge in [-0.25, -0.2) is 8.42 Å². The fourth-order valence-corrected chi connectivity index (χ4v) is 3.29. The van der Waals surface area contributed by atoms with E-state index in [9.17, 15) is 18.3 Å². The Kier molecular flexibility index (Phi) is 6.30. The average molecular weight is 357 g/mol. The van der Waals surface area contributed by atoms with Gasteiger partial charge in [-0.05, 0) is 24.6 Å². The molecule has 1 amide bonds. The third-order valence-electron chi connectivity index (χ3n) is 4.26. The van der Waals surface area contributed by atoms with Crippen LogP contribution in [0.2, 0.25) is 0 Å². The van der Waals surface area contributed by atoms with E-state index in [1.807, 2.05) is 4.90 Å². The lowest BCUT2D eigenvalue weighted by Crippen LogP contribution is -2.62. The van der Waals surface area contributed by atoms with Crippen LogP contribution in [-0.4, -0.2) is 62.3 Å². The molecule has 2 atom stereocenters. The molecule has 0 radical (unpaired) electrons. The van der Waals surface area contributed by atoms with Crippen molar-refractivity contribution >= 4 is 16.9 Å². The molecule has 8 nitrogen and oxygen atoms in total. The average Bonchev–Trinajstić information content (AvgIpc) is 2.55. The van der Waals surface area contributed by atoms with Crippen molar-refractivity contribution < 1.29 is 22.5 Å². The zero-order valence-electron chi connectivity index (χ0n) is 13.5. The zero-order chi connectivity index (χ0) is 17.7. The SMILES string of the molecule is CC(O[SH](=O)=O)C(O)(Cc1ccc(C(N)=O)cc1)N1CCNCC1. The van der Waals surface area contributed by atoms with Crippen LogP contribution < -0.4 is 11.1 Å². The lowest BCUT2D eigenvalue weighted by atomic mass is 9.95. The molecule has 1 heterocycles. The third-order valence-corrected chi connectivity index (χ3v) is 4.75. The largest absolute Gasteiger partial charge is 0.372 e. The Morgan fingerprint density at radius 2 is 1.96 bits per heavy atom. The smallest absolute Gasteiger partial charge is 0.257 e. The first kappa shape index (κ1) is 18.8. The van der Waals surface area contributed by atoms with Gasteiger partial charge in [0.25, 0.3) is 11.0 Å². The Bertz CT molecular complexity index is 635. The highest BCUT2D eigenvalue weighted by atomic mass is 32.2. The van der Waals surface area contributed by atoms with E-state index in [2.05, 4.69) is 5.32 Å². The molecule has 1 aliphatic rings. The van der Waals surface area contributed by atoms with Gasteiger partial charge in [0.1, 0.15) is 11.8 Å². The standard InChI is InChI=1S/C15H23N3O5S/c1-11(23-24(21)22)15(20,18-8-6-17-7-9-18)10-12-2-4-13(5-3-12)14(16)19/h2-5,11,17,20,24H,6-10H2,1H3,(H2,16,19). The lowest BCUT2D eigenvalue weighted by molar-refractivity contribution is -0.166. The van der Waals surface area contributed by atoms with Gasteiger partial charge in [0.15, 0.2) is 0 Å². The van der Waals surface area contributed by atoms with Crippen LogP contribution in [-0.2, 0) is 21.6 Å². The molecule has 0 spiro atoms. The van der Waals surface area contributed by atoms with Crippen LogP contribution in [0.1, 0.15) is 22.8 Å². The number of hydrogen-bond donors (Lipinski definition) is 4. The van der Waals surface area contributed by atoms with Gasteiger partial charge in [-0.15, -0.1) is 0 Å². The normalized spacial score (nSPS) is 19.8. The quantitative estimate of drug-likeness (QED) is 0.455. The number of aliphatic hydroxyl groups is 1. The maximum absolute atomic E-state index is 11.2. The molecule has 1 saturated heterocycles. The molecule has 2 rings (SSSR count). The van der Waals surface area contributed by atoms with Gasteiger partial charge in [0.05, 0.1) is 0 Å². The summed E-state index contributed by atoms with van der Waals surface area (Å²) in [5, 5.41) is 14.4. The van der Waals surface area contributed by atoms with E-state index in [-0.39, 0.29) is 6.42 Å². The fraction of sp³-hybridized carbons (Fsp3) is 0.533. The highest BCUT2D eigenvalue weighted by molar-refractivity contribution is 7.67. The highest BCUT2D eigenvalue weighted by Gasteiger charge is 2.42. The van der Waals surface area contributed by atoms with Crippen molar-refractivity contribution in [2.75, 3.05) is 26.2 Å². The molecule has 0 saturated carbocycles. The highest BCUT2D eigenvalue weighted by Crippen LogP contribution is 2.25. The number of piperazine rings is 1. The summed E-state index contributed by atoms with van der Waals surface area (Å²) in [6, 6.07) is 6.54. The first-order chi connectivity index (χ1) is 11.3. The summed E-state index contributed by atoms with van der Waals surface area (Å²) in [5.41, 5.74) is 4.86. The second-order valence-corrected chi connectivity index (χ2v) is 6.48. The molecule has 0 aromatic heterocycles. The minimum absolute atomic E-state index is 0.163. The Hall–Kier alpha value is -1.52. The molecule has 134 valence electrons. The minimum atomic E-state index is -3.08. The number of benzene rings is 1. The lowest BCUT2D eigenvalue weighted by Gasteiger charge is -2.44. The van der Waals surface area contributed by atoms with Crippen molar-refractivity contribution in [3.8, 4) is 0 Å². The van der Waals surface area contributed by atoms with Crippen LogP contribution in [0.25, 0.3) is 0 Å². The maximum Gasteiger partial charge on any atom is 0.257 e. The molecule has 1 aromatic carbocycles. The molecule has 1 fully saturated rings. The summed E-state index contributed by atoms with van der Waals surface area (Å²) in [7, 11) is -3.08. The van der Waals surface area contributed by atoms with Crippen molar-refractivity contribution in [1.29, 1.82) is 0 Å². The molecule has 0 aliphatic carbocycles. The van der Waals surface area contributed by atoms with Gasteiger partial charge in [0, 0.05) is 38.2 Å². The van der Waals surface area contributed by atoms with E-state index < -0.39 is 28.7 Å². The van der Waals surface area contributed by atoms with E-state index in [0.717, 1.165) is 5.56 Å². The first-order valence-electron chi connectivity index (χ1n) is 7.71. The number of hydrogen-bond acceptors (Lipinski definition) is 7. The van der Waals surface area contributed by atoms with Crippen molar-refractivity contribution in [2.45, 2.75) is 25.2 Å². The summed E-state index contributed by atoms with van der Waals surface area (Å²) in [5.74, 6) is -0.529. The van der Waals surface area contributed by atoms with E-state index in [1.54, 1.807) is 24.3 Å². The summed E-state index contributed by atoms with van der Waals surface area (Å²) in [4.78, 5) is 13.0. The van der Waals surface area contributed by atoms with Crippen LogP contribution >= 0.6 is 0 Å². The second kappa shape index (κ2) is 8.04. The summed E-state index contributed by atoms with van der Waals surface area (Å²) in [6.07, 6.45) is -0.774. The Balaban J connectivity index is 2.25. The van der Waals surface area contributed by atoms with Crippen molar-refractivity contribution in [2.24, 2.45) is 5.73 Å². The summed E-state index contributed by atoms with van der Waals surface area (Å²) >= 11 is 0. The fourth-order valence-electron chi connectivity index (χ4n) is 2.87. The van der Waals surface area contributed by atoms with Crippen LogP contribution in [0.5, 0.6) is 0 Å². The monoisotopic (exact) mass is 357 g/mol. The minimum Gasteiger partial charge on any atom is -0.372 e. The number of nitrogens with one attached hydrogen (secondary N) is 1. The van der Waals surface area contributed by atoms with Crippen molar-refractivity contribution in [3.63, 3.8) is 0 Å². The molecule has 1 aliphatic heterocycles. The van der Waals surface area contributed by atoms with Gasteiger partial charge >= 0.3 is 0 Å². The number of rotatable bonds is 7. The van der Waals surface area contributed by atoms with Gasteiger partial charge < -0.3 is 16.2 Å². The topological polar surface area (TPSA) is 122 Å². The maximum atomic E-state index is 11.2. The third kappa shape index (κ3) is 4.52. The van der Waals surface area contributed by atoms with Crippen molar-refractivity contribution in [1.82, 2.24) is 10.2 Å².